The number of carbonyl (C=O) groups excluding carboxylic acids is 1. The number of halogens is 1. The third-order valence-corrected chi connectivity index (χ3v) is 5.04. The predicted octanol–water partition coefficient (Wildman–Crippen LogP) is 6.10. The van der Waals surface area contributed by atoms with E-state index in [4.69, 9.17) is 11.6 Å². The van der Waals surface area contributed by atoms with E-state index in [2.05, 4.69) is 47.1 Å². The van der Waals surface area contributed by atoms with Crippen molar-refractivity contribution in [2.75, 3.05) is 11.9 Å². The van der Waals surface area contributed by atoms with Gasteiger partial charge in [-0.25, -0.2) is 0 Å². The number of carbonyl (C=O) groups is 1. The van der Waals surface area contributed by atoms with Gasteiger partial charge in [0.2, 0.25) is 0 Å². The van der Waals surface area contributed by atoms with E-state index in [-0.39, 0.29) is 5.91 Å². The van der Waals surface area contributed by atoms with E-state index in [0.717, 1.165) is 41.0 Å². The summed E-state index contributed by atoms with van der Waals surface area (Å²) >= 11 is 5.94. The van der Waals surface area contributed by atoms with Crippen molar-refractivity contribution in [2.45, 2.75) is 6.42 Å². The normalized spacial score (nSPS) is 13.2. The third-order valence-electron chi connectivity index (χ3n) is 4.78. The number of benzene rings is 3. The molecule has 0 spiro atoms. The molecule has 1 amide bonds. The van der Waals surface area contributed by atoms with Gasteiger partial charge in [0, 0.05) is 28.4 Å². The molecule has 1 aliphatic rings. The van der Waals surface area contributed by atoms with Crippen LogP contribution in [0.2, 0.25) is 5.02 Å². The lowest BCUT2D eigenvalue weighted by Crippen LogP contribution is -2.15. The fraction of sp³-hybridized carbons (Fsp3) is 0.0800. The van der Waals surface area contributed by atoms with E-state index in [1.807, 2.05) is 30.3 Å². The molecule has 0 saturated heterocycles. The molecule has 3 nitrogen and oxygen atoms in total. The largest absolute Gasteiger partial charge is 0.384 e. The maximum atomic E-state index is 12.8. The standard InChI is InChI=1S/C25H21ClN2O/c26-21-15-13-20(14-16-21)25(29)28-23-9-4-8-19(24(23)22-10-5-17-27-22)12-11-18-6-2-1-3-7-18/h1-4,6-16,27H,5,17H2,(H,28,29)/b12-11+. The van der Waals surface area contributed by atoms with Gasteiger partial charge in [-0.3, -0.25) is 4.79 Å². The van der Waals surface area contributed by atoms with Crippen LogP contribution in [0.5, 0.6) is 0 Å². The summed E-state index contributed by atoms with van der Waals surface area (Å²) in [7, 11) is 0. The van der Waals surface area contributed by atoms with Crippen LogP contribution < -0.4 is 10.6 Å². The summed E-state index contributed by atoms with van der Waals surface area (Å²) in [6.45, 7) is 0.899. The fourth-order valence-electron chi connectivity index (χ4n) is 3.35. The van der Waals surface area contributed by atoms with Crippen LogP contribution >= 0.6 is 11.6 Å². The van der Waals surface area contributed by atoms with Gasteiger partial charge in [-0.15, -0.1) is 0 Å². The lowest BCUT2D eigenvalue weighted by molar-refractivity contribution is 0.102. The molecule has 0 aromatic heterocycles. The van der Waals surface area contributed by atoms with Crippen LogP contribution in [0.3, 0.4) is 0 Å². The summed E-state index contributed by atoms with van der Waals surface area (Å²) in [5.74, 6) is -0.161. The van der Waals surface area contributed by atoms with Gasteiger partial charge in [0.1, 0.15) is 0 Å². The van der Waals surface area contributed by atoms with E-state index >= 15 is 0 Å². The molecule has 4 heteroatoms. The molecule has 1 heterocycles. The molecule has 2 N–H and O–H groups in total. The van der Waals surface area contributed by atoms with Gasteiger partial charge in [0.25, 0.3) is 5.91 Å². The van der Waals surface area contributed by atoms with Crippen molar-refractivity contribution < 1.29 is 4.79 Å². The summed E-state index contributed by atoms with van der Waals surface area (Å²) in [6, 6.07) is 23.0. The van der Waals surface area contributed by atoms with Crippen molar-refractivity contribution in [3.8, 4) is 0 Å². The molecule has 0 bridgehead atoms. The zero-order chi connectivity index (χ0) is 20.1. The SMILES string of the molecule is O=C(Nc1cccc(/C=C/c2ccccc2)c1C1=CCCN1)c1ccc(Cl)cc1. The highest BCUT2D eigenvalue weighted by Crippen LogP contribution is 2.30. The van der Waals surface area contributed by atoms with E-state index in [0.29, 0.717) is 10.6 Å². The quantitative estimate of drug-likeness (QED) is 0.508. The minimum Gasteiger partial charge on any atom is -0.384 e. The van der Waals surface area contributed by atoms with Crippen molar-refractivity contribution in [3.05, 3.63) is 106 Å². The van der Waals surface area contributed by atoms with Gasteiger partial charge < -0.3 is 10.6 Å². The highest BCUT2D eigenvalue weighted by Gasteiger charge is 2.16. The smallest absolute Gasteiger partial charge is 0.255 e. The van der Waals surface area contributed by atoms with Crippen LogP contribution in [0.15, 0.2) is 78.9 Å². The Bertz CT molecular complexity index is 1070. The minimum absolute atomic E-state index is 0.161. The molecule has 4 rings (SSSR count). The molecule has 0 unspecified atom stereocenters. The fourth-order valence-corrected chi connectivity index (χ4v) is 3.47. The van der Waals surface area contributed by atoms with Crippen molar-refractivity contribution in [3.63, 3.8) is 0 Å². The average Bonchev–Trinajstić information content (AvgIpc) is 3.28. The van der Waals surface area contributed by atoms with Crippen LogP contribution in [0.25, 0.3) is 17.8 Å². The molecule has 0 fully saturated rings. The Balaban J connectivity index is 1.69. The Hall–Kier alpha value is -3.30. The molecule has 0 atom stereocenters. The number of hydrogen-bond acceptors (Lipinski definition) is 2. The van der Waals surface area contributed by atoms with Gasteiger partial charge in [-0.1, -0.05) is 72.3 Å². The number of amides is 1. The van der Waals surface area contributed by atoms with Gasteiger partial charge in [0.15, 0.2) is 0 Å². The van der Waals surface area contributed by atoms with Gasteiger partial charge in [-0.05, 0) is 47.9 Å². The van der Waals surface area contributed by atoms with Gasteiger partial charge in [0.05, 0.1) is 5.69 Å². The molecule has 1 aliphatic heterocycles. The maximum Gasteiger partial charge on any atom is 0.255 e. The second-order valence-electron chi connectivity index (χ2n) is 6.81. The molecule has 0 aliphatic carbocycles. The van der Waals surface area contributed by atoms with Crippen LogP contribution in [-0.4, -0.2) is 12.5 Å². The molecule has 29 heavy (non-hydrogen) atoms. The molecular formula is C25H21ClN2O. The summed E-state index contributed by atoms with van der Waals surface area (Å²) in [5.41, 5.74) is 5.56. The Morgan fingerprint density at radius 2 is 1.72 bits per heavy atom. The Labute approximate surface area is 175 Å². The third kappa shape index (κ3) is 4.58. The van der Waals surface area contributed by atoms with Crippen molar-refractivity contribution >= 4 is 41.0 Å². The number of rotatable bonds is 5. The van der Waals surface area contributed by atoms with E-state index in [1.54, 1.807) is 24.3 Å². The topological polar surface area (TPSA) is 41.1 Å². The van der Waals surface area contributed by atoms with E-state index in [1.165, 1.54) is 0 Å². The molecular weight excluding hydrogens is 380 g/mol. The number of hydrogen-bond donors (Lipinski definition) is 2. The van der Waals surface area contributed by atoms with Crippen LogP contribution in [0.1, 0.15) is 33.5 Å². The van der Waals surface area contributed by atoms with E-state index in [9.17, 15) is 4.79 Å². The predicted molar refractivity (Wildman–Crippen MR) is 122 cm³/mol. The zero-order valence-corrected chi connectivity index (χ0v) is 16.6. The first-order valence-electron chi connectivity index (χ1n) is 9.58. The Kier molecular flexibility index (Phi) is 5.78. The summed E-state index contributed by atoms with van der Waals surface area (Å²) in [4.78, 5) is 12.8. The molecule has 0 saturated carbocycles. The first kappa shape index (κ1) is 19.0. The monoisotopic (exact) mass is 400 g/mol. The van der Waals surface area contributed by atoms with Crippen LogP contribution in [-0.2, 0) is 0 Å². The first-order chi connectivity index (χ1) is 14.2. The van der Waals surface area contributed by atoms with Gasteiger partial charge in [-0.2, -0.15) is 0 Å². The van der Waals surface area contributed by atoms with Crippen molar-refractivity contribution in [1.82, 2.24) is 5.32 Å². The molecule has 144 valence electrons. The van der Waals surface area contributed by atoms with Crippen molar-refractivity contribution in [1.29, 1.82) is 0 Å². The molecule has 3 aromatic rings. The maximum absolute atomic E-state index is 12.8. The van der Waals surface area contributed by atoms with E-state index < -0.39 is 0 Å². The Morgan fingerprint density at radius 1 is 0.931 bits per heavy atom. The molecule has 0 radical (unpaired) electrons. The minimum atomic E-state index is -0.161. The molecule has 3 aromatic carbocycles. The highest BCUT2D eigenvalue weighted by molar-refractivity contribution is 6.30. The first-order valence-corrected chi connectivity index (χ1v) is 9.96. The summed E-state index contributed by atoms with van der Waals surface area (Å²) in [5, 5.41) is 7.10. The van der Waals surface area contributed by atoms with Crippen LogP contribution in [0.4, 0.5) is 5.69 Å². The lowest BCUT2D eigenvalue weighted by atomic mass is 10.0. The average molecular weight is 401 g/mol. The van der Waals surface area contributed by atoms with Gasteiger partial charge >= 0.3 is 0 Å². The summed E-state index contributed by atoms with van der Waals surface area (Å²) in [6.07, 6.45) is 7.31. The number of nitrogens with one attached hydrogen (secondary N) is 2. The second-order valence-corrected chi connectivity index (χ2v) is 7.24. The highest BCUT2D eigenvalue weighted by atomic mass is 35.5. The number of anilines is 1. The Morgan fingerprint density at radius 3 is 2.45 bits per heavy atom. The second kappa shape index (κ2) is 8.80. The summed E-state index contributed by atoms with van der Waals surface area (Å²) < 4.78 is 0. The zero-order valence-electron chi connectivity index (χ0n) is 15.9. The van der Waals surface area contributed by atoms with Crippen LogP contribution in [0, 0.1) is 0 Å². The van der Waals surface area contributed by atoms with Crippen molar-refractivity contribution in [2.24, 2.45) is 0 Å². The lowest BCUT2D eigenvalue weighted by Gasteiger charge is -2.16.